The molecule has 0 saturated carbocycles. The number of hydrogen-bond donors (Lipinski definition) is 1. The van der Waals surface area contributed by atoms with Crippen LogP contribution < -0.4 is 5.32 Å². The lowest BCUT2D eigenvalue weighted by atomic mass is 10.1. The summed E-state index contributed by atoms with van der Waals surface area (Å²) >= 11 is 0. The molecular formula is C21H22FN3O3S. The quantitative estimate of drug-likeness (QED) is 0.684. The summed E-state index contributed by atoms with van der Waals surface area (Å²) in [5.74, 6) is -0.813. The molecule has 0 aliphatic heterocycles. The number of sulfonamides is 1. The maximum absolute atomic E-state index is 13.5. The Morgan fingerprint density at radius 3 is 2.38 bits per heavy atom. The Morgan fingerprint density at radius 1 is 1.10 bits per heavy atom. The maximum atomic E-state index is 13.5. The Labute approximate surface area is 169 Å². The van der Waals surface area contributed by atoms with Crippen LogP contribution in [0.2, 0.25) is 0 Å². The lowest BCUT2D eigenvalue weighted by molar-refractivity contribution is 0.102. The van der Waals surface area contributed by atoms with Gasteiger partial charge in [0.2, 0.25) is 10.0 Å². The molecule has 1 aromatic heterocycles. The molecule has 3 aromatic rings. The Bertz CT molecular complexity index is 1170. The van der Waals surface area contributed by atoms with E-state index in [1.54, 1.807) is 26.8 Å². The first-order valence-electron chi connectivity index (χ1n) is 9.06. The van der Waals surface area contributed by atoms with Crippen molar-refractivity contribution in [3.63, 3.8) is 0 Å². The fourth-order valence-electron chi connectivity index (χ4n) is 2.87. The van der Waals surface area contributed by atoms with Crippen LogP contribution in [-0.2, 0) is 10.0 Å². The van der Waals surface area contributed by atoms with Crippen LogP contribution in [0.4, 0.5) is 10.1 Å². The van der Waals surface area contributed by atoms with E-state index in [0.717, 1.165) is 0 Å². The number of pyridine rings is 1. The number of anilines is 1. The molecule has 1 heterocycles. The van der Waals surface area contributed by atoms with Crippen molar-refractivity contribution in [2.75, 3.05) is 12.4 Å². The number of fused-ring (bicyclic) bond motifs is 1. The van der Waals surface area contributed by atoms with Crippen LogP contribution in [0.25, 0.3) is 10.9 Å². The number of hydrogen-bond acceptors (Lipinski definition) is 4. The second-order valence-corrected chi connectivity index (χ2v) is 9.06. The van der Waals surface area contributed by atoms with Crippen molar-refractivity contribution in [3.05, 3.63) is 65.6 Å². The number of nitrogens with zero attached hydrogens (tertiary/aromatic N) is 2. The highest BCUT2D eigenvalue weighted by Crippen LogP contribution is 2.22. The molecule has 6 nitrogen and oxygen atoms in total. The zero-order valence-electron chi connectivity index (χ0n) is 16.6. The molecule has 0 bridgehead atoms. The number of aromatic nitrogens is 1. The number of carbonyl (C=O) groups is 1. The van der Waals surface area contributed by atoms with Crippen LogP contribution in [-0.4, -0.2) is 36.7 Å². The molecule has 3 rings (SSSR count). The van der Waals surface area contributed by atoms with E-state index in [-0.39, 0.29) is 16.8 Å². The molecule has 0 aliphatic carbocycles. The topological polar surface area (TPSA) is 79.4 Å². The molecule has 2 aromatic carbocycles. The molecule has 152 valence electrons. The highest BCUT2D eigenvalue weighted by Gasteiger charge is 2.23. The zero-order valence-corrected chi connectivity index (χ0v) is 17.4. The van der Waals surface area contributed by atoms with Crippen molar-refractivity contribution < 1.29 is 17.6 Å². The van der Waals surface area contributed by atoms with Gasteiger partial charge in [0.1, 0.15) is 5.82 Å². The minimum Gasteiger partial charge on any atom is -0.322 e. The fourth-order valence-corrected chi connectivity index (χ4v) is 4.24. The number of rotatable bonds is 5. The summed E-state index contributed by atoms with van der Waals surface area (Å²) < 4.78 is 39.9. The van der Waals surface area contributed by atoms with Crippen molar-refractivity contribution in [1.29, 1.82) is 0 Å². The SMILES string of the molecule is Cc1cc(C(=O)Nc2ccc(S(=O)(=O)N(C)C(C)C)cc2)c2ccc(F)cc2n1. The van der Waals surface area contributed by atoms with Crippen LogP contribution >= 0.6 is 0 Å². The van der Waals surface area contributed by atoms with E-state index < -0.39 is 15.8 Å². The Kier molecular flexibility index (Phi) is 5.68. The van der Waals surface area contributed by atoms with E-state index in [1.807, 2.05) is 0 Å². The van der Waals surface area contributed by atoms with Crippen LogP contribution in [0.3, 0.4) is 0 Å². The average Bonchev–Trinajstić information content (AvgIpc) is 2.66. The third-order valence-corrected chi connectivity index (χ3v) is 6.71. The van der Waals surface area contributed by atoms with Crippen molar-refractivity contribution in [1.82, 2.24) is 9.29 Å². The van der Waals surface area contributed by atoms with Gasteiger partial charge in [-0.25, -0.2) is 12.8 Å². The predicted octanol–water partition coefficient (Wildman–Crippen LogP) is 3.96. The van der Waals surface area contributed by atoms with Gasteiger partial charge in [0.05, 0.1) is 16.0 Å². The number of nitrogens with one attached hydrogen (secondary N) is 1. The van der Waals surface area contributed by atoms with Crippen molar-refractivity contribution >= 4 is 32.5 Å². The molecule has 0 spiro atoms. The second-order valence-electron chi connectivity index (χ2n) is 7.07. The van der Waals surface area contributed by atoms with Gasteiger partial charge in [-0.3, -0.25) is 9.78 Å². The minimum absolute atomic E-state index is 0.146. The maximum Gasteiger partial charge on any atom is 0.256 e. The summed E-state index contributed by atoms with van der Waals surface area (Å²) in [5, 5.41) is 3.29. The van der Waals surface area contributed by atoms with E-state index in [2.05, 4.69) is 10.3 Å². The number of benzene rings is 2. The number of carbonyl (C=O) groups excluding carboxylic acids is 1. The van der Waals surface area contributed by atoms with Crippen molar-refractivity contribution in [2.24, 2.45) is 0 Å². The minimum atomic E-state index is -3.60. The van der Waals surface area contributed by atoms with Gasteiger partial charge in [-0.1, -0.05) is 0 Å². The van der Waals surface area contributed by atoms with E-state index in [0.29, 0.717) is 27.8 Å². The van der Waals surface area contributed by atoms with Gasteiger partial charge in [0, 0.05) is 35.9 Å². The van der Waals surface area contributed by atoms with Crippen molar-refractivity contribution in [2.45, 2.75) is 31.7 Å². The van der Waals surface area contributed by atoms with Crippen molar-refractivity contribution in [3.8, 4) is 0 Å². The van der Waals surface area contributed by atoms with Crippen LogP contribution in [0.5, 0.6) is 0 Å². The number of halogens is 1. The van der Waals surface area contributed by atoms with Crippen LogP contribution in [0, 0.1) is 12.7 Å². The Morgan fingerprint density at radius 2 is 1.76 bits per heavy atom. The van der Waals surface area contributed by atoms with E-state index >= 15 is 0 Å². The number of amides is 1. The van der Waals surface area contributed by atoms with Gasteiger partial charge in [-0.05, 0) is 63.2 Å². The van der Waals surface area contributed by atoms with E-state index in [9.17, 15) is 17.6 Å². The average molecular weight is 415 g/mol. The molecule has 0 aliphatic rings. The van der Waals surface area contributed by atoms with Gasteiger partial charge in [-0.15, -0.1) is 0 Å². The second kappa shape index (κ2) is 7.88. The summed E-state index contributed by atoms with van der Waals surface area (Å²) in [6.45, 7) is 5.31. The van der Waals surface area contributed by atoms with E-state index in [1.165, 1.54) is 53.8 Å². The summed E-state index contributed by atoms with van der Waals surface area (Å²) in [7, 11) is -2.07. The first kappa shape index (κ1) is 20.9. The molecule has 8 heteroatoms. The first-order valence-corrected chi connectivity index (χ1v) is 10.5. The summed E-state index contributed by atoms with van der Waals surface area (Å²) in [4.78, 5) is 17.2. The molecule has 0 saturated heterocycles. The number of aryl methyl sites for hydroxylation is 1. The van der Waals surface area contributed by atoms with Gasteiger partial charge in [-0.2, -0.15) is 4.31 Å². The third kappa shape index (κ3) is 4.28. The largest absolute Gasteiger partial charge is 0.322 e. The van der Waals surface area contributed by atoms with Gasteiger partial charge < -0.3 is 5.32 Å². The first-order chi connectivity index (χ1) is 13.6. The molecule has 0 radical (unpaired) electrons. The van der Waals surface area contributed by atoms with E-state index in [4.69, 9.17) is 0 Å². The standard InChI is InChI=1S/C21H22FN3O3S/c1-13(2)25(4)29(27,28)17-8-6-16(7-9-17)24-21(26)19-11-14(3)23-20-12-15(22)5-10-18(19)20/h5-13H,1-4H3,(H,24,26). The summed E-state index contributed by atoms with van der Waals surface area (Å²) in [6.07, 6.45) is 0. The third-order valence-electron chi connectivity index (χ3n) is 4.66. The van der Waals surface area contributed by atoms with Crippen LogP contribution in [0.1, 0.15) is 29.9 Å². The molecule has 1 N–H and O–H groups in total. The molecular weight excluding hydrogens is 393 g/mol. The molecule has 1 amide bonds. The molecule has 29 heavy (non-hydrogen) atoms. The summed E-state index contributed by atoms with van der Waals surface area (Å²) in [6, 6.07) is 11.5. The smallest absolute Gasteiger partial charge is 0.256 e. The normalized spacial score (nSPS) is 12.0. The van der Waals surface area contributed by atoms with Gasteiger partial charge >= 0.3 is 0 Å². The van der Waals surface area contributed by atoms with Gasteiger partial charge in [0.25, 0.3) is 5.91 Å². The molecule has 0 unspecified atom stereocenters. The molecule has 0 atom stereocenters. The zero-order chi connectivity index (χ0) is 21.3. The highest BCUT2D eigenvalue weighted by atomic mass is 32.2. The van der Waals surface area contributed by atoms with Gasteiger partial charge in [0.15, 0.2) is 0 Å². The van der Waals surface area contributed by atoms with Crippen LogP contribution in [0.15, 0.2) is 53.4 Å². The fraction of sp³-hybridized carbons (Fsp3) is 0.238. The molecule has 0 fully saturated rings. The Balaban J connectivity index is 1.88. The Hall–Kier alpha value is -2.84. The lowest BCUT2D eigenvalue weighted by Gasteiger charge is -2.21. The summed E-state index contributed by atoms with van der Waals surface area (Å²) in [5.41, 5.74) is 1.80. The monoisotopic (exact) mass is 415 g/mol. The lowest BCUT2D eigenvalue weighted by Crippen LogP contribution is -2.33. The highest BCUT2D eigenvalue weighted by molar-refractivity contribution is 7.89. The predicted molar refractivity (Wildman–Crippen MR) is 111 cm³/mol.